The molecule has 1 aromatic carbocycles. The number of carbonyl (C=O) groups is 1. The fraction of sp³-hybridized carbons (Fsp3) is 0.176. The van der Waals surface area contributed by atoms with Crippen molar-refractivity contribution in [2.45, 2.75) is 20.8 Å². The molecular formula is C17H16ClN3O. The summed E-state index contributed by atoms with van der Waals surface area (Å²) in [5, 5.41) is 3.55. The molecule has 3 aromatic rings. The number of rotatable bonds is 2. The van der Waals surface area contributed by atoms with E-state index in [0.717, 1.165) is 16.8 Å². The van der Waals surface area contributed by atoms with Crippen LogP contribution in [-0.4, -0.2) is 15.3 Å². The van der Waals surface area contributed by atoms with Crippen molar-refractivity contribution in [1.29, 1.82) is 0 Å². The van der Waals surface area contributed by atoms with E-state index in [0.29, 0.717) is 22.1 Å². The van der Waals surface area contributed by atoms with Gasteiger partial charge in [-0.25, -0.2) is 4.98 Å². The molecule has 0 unspecified atom stereocenters. The van der Waals surface area contributed by atoms with Crippen molar-refractivity contribution in [3.05, 3.63) is 64.1 Å². The van der Waals surface area contributed by atoms with Crippen molar-refractivity contribution in [3.8, 4) is 0 Å². The van der Waals surface area contributed by atoms with Gasteiger partial charge in [-0.3, -0.25) is 9.20 Å². The largest absolute Gasteiger partial charge is 0.320 e. The maximum atomic E-state index is 12.6. The van der Waals surface area contributed by atoms with Crippen LogP contribution >= 0.6 is 11.6 Å². The zero-order chi connectivity index (χ0) is 15.9. The van der Waals surface area contributed by atoms with Crippen LogP contribution in [0, 0.1) is 20.8 Å². The van der Waals surface area contributed by atoms with Crippen LogP contribution in [0.5, 0.6) is 0 Å². The Morgan fingerprint density at radius 3 is 2.68 bits per heavy atom. The van der Waals surface area contributed by atoms with Gasteiger partial charge in [0.25, 0.3) is 5.91 Å². The highest BCUT2D eigenvalue weighted by atomic mass is 35.5. The van der Waals surface area contributed by atoms with E-state index >= 15 is 0 Å². The van der Waals surface area contributed by atoms with Crippen molar-refractivity contribution in [1.82, 2.24) is 9.38 Å². The molecule has 0 atom stereocenters. The van der Waals surface area contributed by atoms with E-state index in [9.17, 15) is 4.79 Å². The average Bonchev–Trinajstić information content (AvgIpc) is 2.76. The number of anilines is 1. The highest BCUT2D eigenvalue weighted by molar-refractivity contribution is 6.30. The number of hydrogen-bond acceptors (Lipinski definition) is 2. The Bertz CT molecular complexity index is 883. The second kappa shape index (κ2) is 5.46. The molecule has 2 aromatic heterocycles. The van der Waals surface area contributed by atoms with Gasteiger partial charge in [0, 0.05) is 23.0 Å². The number of aryl methyl sites for hydroxylation is 3. The maximum Gasteiger partial charge on any atom is 0.274 e. The maximum absolute atomic E-state index is 12.6. The molecule has 0 aliphatic carbocycles. The first-order valence-electron chi connectivity index (χ1n) is 6.98. The Labute approximate surface area is 133 Å². The van der Waals surface area contributed by atoms with Gasteiger partial charge in [0.15, 0.2) is 0 Å². The van der Waals surface area contributed by atoms with Crippen LogP contribution < -0.4 is 5.32 Å². The molecule has 3 rings (SSSR count). The number of hydrogen-bond donors (Lipinski definition) is 1. The van der Waals surface area contributed by atoms with Gasteiger partial charge < -0.3 is 5.32 Å². The molecule has 1 N–H and O–H groups in total. The van der Waals surface area contributed by atoms with Crippen LogP contribution in [0.1, 0.15) is 27.3 Å². The highest BCUT2D eigenvalue weighted by Gasteiger charge is 2.17. The lowest BCUT2D eigenvalue weighted by atomic mass is 10.1. The number of nitrogens with zero attached hydrogens (tertiary/aromatic N) is 2. The van der Waals surface area contributed by atoms with Crippen LogP contribution in [0.2, 0.25) is 5.02 Å². The van der Waals surface area contributed by atoms with E-state index in [1.54, 1.807) is 22.7 Å². The first-order valence-corrected chi connectivity index (χ1v) is 7.36. The average molecular weight is 314 g/mol. The van der Waals surface area contributed by atoms with E-state index in [1.165, 1.54) is 0 Å². The number of amides is 1. The lowest BCUT2D eigenvalue weighted by Gasteiger charge is -2.09. The summed E-state index contributed by atoms with van der Waals surface area (Å²) in [6.45, 7) is 5.82. The number of nitrogens with one attached hydrogen (secondary N) is 1. The fourth-order valence-corrected chi connectivity index (χ4v) is 2.70. The molecule has 1 amide bonds. The van der Waals surface area contributed by atoms with Gasteiger partial charge >= 0.3 is 0 Å². The molecule has 0 aliphatic heterocycles. The molecule has 5 heteroatoms. The number of benzene rings is 1. The molecular weight excluding hydrogens is 298 g/mol. The fourth-order valence-electron chi connectivity index (χ4n) is 2.55. The van der Waals surface area contributed by atoms with E-state index < -0.39 is 0 Å². The van der Waals surface area contributed by atoms with E-state index in [2.05, 4.69) is 10.3 Å². The molecule has 112 valence electrons. The van der Waals surface area contributed by atoms with Crippen molar-refractivity contribution < 1.29 is 4.79 Å². The van der Waals surface area contributed by atoms with Gasteiger partial charge in [-0.15, -0.1) is 0 Å². The molecule has 4 nitrogen and oxygen atoms in total. The third kappa shape index (κ3) is 2.57. The monoisotopic (exact) mass is 313 g/mol. The van der Waals surface area contributed by atoms with E-state index in [-0.39, 0.29) is 5.91 Å². The summed E-state index contributed by atoms with van der Waals surface area (Å²) in [5.41, 5.74) is 4.85. The first-order chi connectivity index (χ1) is 10.5. The Hall–Kier alpha value is -2.33. The second-order valence-electron chi connectivity index (χ2n) is 5.39. The van der Waals surface area contributed by atoms with Crippen molar-refractivity contribution in [2.75, 3.05) is 5.32 Å². The normalized spacial score (nSPS) is 10.9. The van der Waals surface area contributed by atoms with Crippen molar-refractivity contribution in [2.24, 2.45) is 0 Å². The summed E-state index contributed by atoms with van der Waals surface area (Å²) in [5.74, 6) is -0.181. The van der Waals surface area contributed by atoms with E-state index in [1.807, 2.05) is 39.0 Å². The minimum absolute atomic E-state index is 0.181. The van der Waals surface area contributed by atoms with Crippen LogP contribution in [0.4, 0.5) is 5.69 Å². The van der Waals surface area contributed by atoms with Gasteiger partial charge in [0.05, 0.1) is 5.69 Å². The summed E-state index contributed by atoms with van der Waals surface area (Å²) in [6.07, 6.45) is 1.76. The van der Waals surface area contributed by atoms with Gasteiger partial charge in [-0.2, -0.15) is 0 Å². The summed E-state index contributed by atoms with van der Waals surface area (Å²) in [7, 11) is 0. The van der Waals surface area contributed by atoms with Gasteiger partial charge in [0.2, 0.25) is 0 Å². The Morgan fingerprint density at radius 1 is 1.18 bits per heavy atom. The summed E-state index contributed by atoms with van der Waals surface area (Å²) in [6, 6.07) is 9.41. The van der Waals surface area contributed by atoms with Crippen molar-refractivity contribution in [3.63, 3.8) is 0 Å². The lowest BCUT2D eigenvalue weighted by Crippen LogP contribution is -2.16. The first kappa shape index (κ1) is 14.6. The van der Waals surface area contributed by atoms with Crippen LogP contribution in [0.3, 0.4) is 0 Å². The molecule has 0 saturated carbocycles. The number of halogens is 1. The summed E-state index contributed by atoms with van der Waals surface area (Å²) in [4.78, 5) is 17.0. The molecule has 0 saturated heterocycles. The number of aromatic nitrogens is 2. The zero-order valence-corrected chi connectivity index (χ0v) is 13.4. The number of carbonyl (C=O) groups excluding carboxylic acids is 1. The third-order valence-electron chi connectivity index (χ3n) is 3.61. The molecule has 0 aliphatic rings. The van der Waals surface area contributed by atoms with Gasteiger partial charge in [0.1, 0.15) is 11.3 Å². The van der Waals surface area contributed by atoms with Crippen molar-refractivity contribution >= 4 is 28.8 Å². The third-order valence-corrected chi connectivity index (χ3v) is 3.84. The minimum atomic E-state index is -0.181. The zero-order valence-electron chi connectivity index (χ0n) is 12.6. The van der Waals surface area contributed by atoms with E-state index in [4.69, 9.17) is 11.6 Å². The highest BCUT2D eigenvalue weighted by Crippen LogP contribution is 2.20. The molecule has 0 spiro atoms. The smallest absolute Gasteiger partial charge is 0.274 e. The molecule has 0 radical (unpaired) electrons. The molecule has 2 heterocycles. The SMILES string of the molecule is Cc1ccc(NC(=O)c2c(C)nc3cc(Cl)ccn23)c(C)c1. The Balaban J connectivity index is 2.00. The lowest BCUT2D eigenvalue weighted by molar-refractivity contribution is 0.102. The number of fused-ring (bicyclic) bond motifs is 1. The van der Waals surface area contributed by atoms with Crippen LogP contribution in [-0.2, 0) is 0 Å². The standard InChI is InChI=1S/C17H16ClN3O/c1-10-4-5-14(11(2)8-10)20-17(22)16-12(3)19-15-9-13(18)6-7-21(15)16/h4-9H,1-3H3,(H,20,22). The topological polar surface area (TPSA) is 46.4 Å². The second-order valence-corrected chi connectivity index (χ2v) is 5.83. The Morgan fingerprint density at radius 2 is 1.95 bits per heavy atom. The van der Waals surface area contributed by atoms with Crippen LogP contribution in [0.25, 0.3) is 5.65 Å². The Kier molecular flexibility index (Phi) is 3.62. The number of imidazole rings is 1. The summed E-state index contributed by atoms with van der Waals surface area (Å²) < 4.78 is 1.75. The molecule has 22 heavy (non-hydrogen) atoms. The quantitative estimate of drug-likeness (QED) is 0.772. The predicted molar refractivity (Wildman–Crippen MR) is 88.8 cm³/mol. The molecule has 0 fully saturated rings. The van der Waals surface area contributed by atoms with Crippen LogP contribution in [0.15, 0.2) is 36.5 Å². The number of pyridine rings is 1. The molecule has 0 bridgehead atoms. The summed E-state index contributed by atoms with van der Waals surface area (Å²) >= 11 is 5.97. The van der Waals surface area contributed by atoms with Gasteiger partial charge in [-0.1, -0.05) is 29.3 Å². The van der Waals surface area contributed by atoms with Gasteiger partial charge in [-0.05, 0) is 38.5 Å². The minimum Gasteiger partial charge on any atom is -0.320 e. The predicted octanol–water partition coefficient (Wildman–Crippen LogP) is 4.17.